The number of halogens is 1. The molecule has 1 heterocycles. The molecule has 0 radical (unpaired) electrons. The van der Waals surface area contributed by atoms with E-state index in [0.29, 0.717) is 12.3 Å². The Hall–Kier alpha value is -1.24. The lowest BCUT2D eigenvalue weighted by atomic mass is 10.3. The van der Waals surface area contributed by atoms with Crippen LogP contribution >= 0.6 is 15.9 Å². The number of hydrogen-bond acceptors (Lipinski definition) is 4. The molecule has 6 heteroatoms. The number of aliphatic hydroxyl groups is 1. The number of hydrogen-bond donors (Lipinski definition) is 1. The van der Waals surface area contributed by atoms with Crippen molar-refractivity contribution < 1.29 is 9.84 Å². The van der Waals surface area contributed by atoms with E-state index in [9.17, 15) is 5.11 Å². The number of nitrogens with zero attached hydrogens (tertiary/aromatic N) is 3. The second-order valence-electron chi connectivity index (χ2n) is 3.47. The number of methoxy groups -OCH3 is 1. The van der Waals surface area contributed by atoms with Crippen molar-refractivity contribution in [3.05, 3.63) is 40.1 Å². The van der Waals surface area contributed by atoms with Crippen LogP contribution in [-0.2, 0) is 18.0 Å². The molecule has 0 saturated heterocycles. The molecule has 0 aliphatic rings. The van der Waals surface area contributed by atoms with Crippen LogP contribution in [0, 0.1) is 0 Å². The highest BCUT2D eigenvalue weighted by atomic mass is 79.9. The fourth-order valence-electron chi connectivity index (χ4n) is 1.55. The Morgan fingerprint density at radius 1 is 1.47 bits per heavy atom. The predicted octanol–water partition coefficient (Wildman–Crippen LogP) is 1.67. The zero-order chi connectivity index (χ0) is 12.3. The third kappa shape index (κ3) is 2.54. The normalized spacial score (nSPS) is 10.8. The van der Waals surface area contributed by atoms with Crippen LogP contribution in [0.15, 0.2) is 28.7 Å². The van der Waals surface area contributed by atoms with Crippen molar-refractivity contribution in [2.45, 2.75) is 13.2 Å². The summed E-state index contributed by atoms with van der Waals surface area (Å²) >= 11 is 3.40. The zero-order valence-corrected chi connectivity index (χ0v) is 10.9. The maximum atomic E-state index is 9.18. The Morgan fingerprint density at radius 3 is 2.94 bits per heavy atom. The van der Waals surface area contributed by atoms with Crippen molar-refractivity contribution in [3.63, 3.8) is 0 Å². The maximum Gasteiger partial charge on any atom is 0.114 e. The first kappa shape index (κ1) is 12.2. The summed E-state index contributed by atoms with van der Waals surface area (Å²) in [5, 5.41) is 17.1. The maximum absolute atomic E-state index is 9.18. The van der Waals surface area contributed by atoms with Crippen molar-refractivity contribution in [2.75, 3.05) is 7.11 Å². The molecule has 0 saturated carbocycles. The van der Waals surface area contributed by atoms with Gasteiger partial charge in [-0.3, -0.25) is 0 Å². The number of aliphatic hydroxyl groups excluding tert-OH is 1. The Labute approximate surface area is 107 Å². The predicted molar refractivity (Wildman–Crippen MR) is 65.7 cm³/mol. The summed E-state index contributed by atoms with van der Waals surface area (Å²) in [6, 6.07) is 7.69. The van der Waals surface area contributed by atoms with Gasteiger partial charge in [-0.25, -0.2) is 4.68 Å². The van der Waals surface area contributed by atoms with Crippen LogP contribution in [-0.4, -0.2) is 27.2 Å². The lowest BCUT2D eigenvalue weighted by molar-refractivity contribution is 0.175. The minimum absolute atomic E-state index is 0.146. The van der Waals surface area contributed by atoms with Gasteiger partial charge in [0.05, 0.1) is 24.6 Å². The molecule has 0 atom stereocenters. The summed E-state index contributed by atoms with van der Waals surface area (Å²) in [6.45, 7) is 0.210. The lowest BCUT2D eigenvalue weighted by Crippen LogP contribution is -2.05. The number of benzene rings is 1. The van der Waals surface area contributed by atoms with Crippen LogP contribution in [0.5, 0.6) is 0 Å². The van der Waals surface area contributed by atoms with E-state index in [4.69, 9.17) is 4.74 Å². The number of ether oxygens (including phenoxy) is 1. The van der Waals surface area contributed by atoms with Crippen LogP contribution in [0.1, 0.15) is 11.4 Å². The third-order valence-corrected chi connectivity index (χ3v) is 2.82. The third-order valence-electron chi connectivity index (χ3n) is 2.33. The number of aromatic nitrogens is 3. The molecule has 5 nitrogen and oxygen atoms in total. The minimum atomic E-state index is -0.146. The summed E-state index contributed by atoms with van der Waals surface area (Å²) < 4.78 is 7.72. The first-order chi connectivity index (χ1) is 8.26. The van der Waals surface area contributed by atoms with E-state index < -0.39 is 0 Å². The summed E-state index contributed by atoms with van der Waals surface area (Å²) in [7, 11) is 1.60. The van der Waals surface area contributed by atoms with Gasteiger partial charge in [-0.2, -0.15) is 0 Å². The molecular formula is C11H12BrN3O2. The monoisotopic (exact) mass is 297 g/mol. The van der Waals surface area contributed by atoms with E-state index in [2.05, 4.69) is 26.2 Å². The highest BCUT2D eigenvalue weighted by molar-refractivity contribution is 9.10. The molecule has 1 aromatic carbocycles. The molecule has 2 rings (SSSR count). The molecular weight excluding hydrogens is 286 g/mol. The van der Waals surface area contributed by atoms with Gasteiger partial charge in [-0.1, -0.05) is 27.2 Å². The standard InChI is InChI=1S/C11H12BrN3O2/c1-17-7-11-10(6-16)13-14-15(11)9-4-2-3-8(12)5-9/h2-5,16H,6-7H2,1H3. The van der Waals surface area contributed by atoms with Crippen molar-refractivity contribution >= 4 is 15.9 Å². The molecule has 0 bridgehead atoms. The van der Waals surface area contributed by atoms with Gasteiger partial charge >= 0.3 is 0 Å². The second kappa shape index (κ2) is 5.39. The fraction of sp³-hybridized carbons (Fsp3) is 0.273. The first-order valence-electron chi connectivity index (χ1n) is 5.05. The molecule has 0 amide bonds. The Morgan fingerprint density at radius 2 is 2.29 bits per heavy atom. The van der Waals surface area contributed by atoms with E-state index in [1.165, 1.54) is 0 Å². The van der Waals surface area contributed by atoms with Gasteiger partial charge in [0.1, 0.15) is 5.69 Å². The average molecular weight is 298 g/mol. The molecule has 0 aliphatic heterocycles. The van der Waals surface area contributed by atoms with Gasteiger partial charge in [-0.05, 0) is 18.2 Å². The Bertz CT molecular complexity index is 513. The minimum Gasteiger partial charge on any atom is -0.390 e. The topological polar surface area (TPSA) is 60.2 Å². The van der Waals surface area contributed by atoms with Crippen molar-refractivity contribution in [3.8, 4) is 5.69 Å². The summed E-state index contributed by atoms with van der Waals surface area (Å²) in [4.78, 5) is 0. The first-order valence-corrected chi connectivity index (χ1v) is 5.84. The lowest BCUT2D eigenvalue weighted by Gasteiger charge is -2.06. The van der Waals surface area contributed by atoms with Gasteiger partial charge < -0.3 is 9.84 Å². The van der Waals surface area contributed by atoms with Gasteiger partial charge in [-0.15, -0.1) is 5.10 Å². The highest BCUT2D eigenvalue weighted by Gasteiger charge is 2.13. The fourth-order valence-corrected chi connectivity index (χ4v) is 1.94. The molecule has 90 valence electrons. The van der Waals surface area contributed by atoms with E-state index in [-0.39, 0.29) is 6.61 Å². The second-order valence-corrected chi connectivity index (χ2v) is 4.38. The quantitative estimate of drug-likeness (QED) is 0.932. The Balaban J connectivity index is 2.47. The molecule has 0 unspecified atom stereocenters. The van der Waals surface area contributed by atoms with Gasteiger partial charge in [0, 0.05) is 11.6 Å². The van der Waals surface area contributed by atoms with Crippen LogP contribution in [0.25, 0.3) is 5.69 Å². The van der Waals surface area contributed by atoms with Crippen molar-refractivity contribution in [1.82, 2.24) is 15.0 Å². The van der Waals surface area contributed by atoms with Crippen molar-refractivity contribution in [1.29, 1.82) is 0 Å². The number of rotatable bonds is 4. The SMILES string of the molecule is COCc1c(CO)nnn1-c1cccc(Br)c1. The highest BCUT2D eigenvalue weighted by Crippen LogP contribution is 2.18. The van der Waals surface area contributed by atoms with E-state index in [0.717, 1.165) is 15.9 Å². The molecule has 1 N–H and O–H groups in total. The van der Waals surface area contributed by atoms with Crippen LogP contribution in [0.4, 0.5) is 0 Å². The van der Waals surface area contributed by atoms with Crippen LogP contribution < -0.4 is 0 Å². The zero-order valence-electron chi connectivity index (χ0n) is 9.30. The summed E-state index contributed by atoms with van der Waals surface area (Å²) in [5.41, 5.74) is 2.17. The molecule has 17 heavy (non-hydrogen) atoms. The molecule has 0 spiro atoms. The largest absolute Gasteiger partial charge is 0.390 e. The van der Waals surface area contributed by atoms with Gasteiger partial charge in [0.25, 0.3) is 0 Å². The van der Waals surface area contributed by atoms with E-state index >= 15 is 0 Å². The molecule has 0 fully saturated rings. The Kier molecular flexibility index (Phi) is 3.88. The molecule has 2 aromatic rings. The smallest absolute Gasteiger partial charge is 0.114 e. The molecule has 0 aliphatic carbocycles. The van der Waals surface area contributed by atoms with Gasteiger partial charge in [0.2, 0.25) is 0 Å². The van der Waals surface area contributed by atoms with Crippen molar-refractivity contribution in [2.24, 2.45) is 0 Å². The van der Waals surface area contributed by atoms with Crippen LogP contribution in [0.2, 0.25) is 0 Å². The summed E-state index contributed by atoms with van der Waals surface area (Å²) in [6.07, 6.45) is 0. The molecule has 1 aromatic heterocycles. The summed E-state index contributed by atoms with van der Waals surface area (Å²) in [5.74, 6) is 0. The van der Waals surface area contributed by atoms with Crippen LogP contribution in [0.3, 0.4) is 0 Å². The average Bonchev–Trinajstić information content (AvgIpc) is 2.72. The van der Waals surface area contributed by atoms with E-state index in [1.807, 2.05) is 24.3 Å². The van der Waals surface area contributed by atoms with E-state index in [1.54, 1.807) is 11.8 Å². The van der Waals surface area contributed by atoms with Gasteiger partial charge in [0.15, 0.2) is 0 Å².